The van der Waals surface area contributed by atoms with Gasteiger partial charge in [-0.3, -0.25) is 4.90 Å². The molecule has 1 aliphatic heterocycles. The molecule has 1 saturated heterocycles. The predicted octanol–water partition coefficient (Wildman–Crippen LogP) is 0.474. The van der Waals surface area contributed by atoms with Gasteiger partial charge in [-0.15, -0.1) is 0 Å². The summed E-state index contributed by atoms with van der Waals surface area (Å²) in [5.41, 5.74) is 0.207. The van der Waals surface area contributed by atoms with Crippen LogP contribution in [0.3, 0.4) is 0 Å². The van der Waals surface area contributed by atoms with Gasteiger partial charge in [-0.2, -0.15) is 0 Å². The molecular formula is C10H17NO3. The smallest absolute Gasteiger partial charge is 0.328 e. The summed E-state index contributed by atoms with van der Waals surface area (Å²) < 4.78 is 0. The number of carboxylic acids is 1. The fourth-order valence-corrected chi connectivity index (χ4v) is 1.78. The number of β-amino-alcohol motifs (C(OH)–C–C–N with tert-alkyl or cyclic N) is 1. The Labute approximate surface area is 83.8 Å². The van der Waals surface area contributed by atoms with Crippen LogP contribution in [0.4, 0.5) is 0 Å². The Bertz CT molecular complexity index is 258. The number of aliphatic carboxylic acids is 1. The standard InChI is InChI=1S/C10H17NO3/c1-8(5-9(12)13)6-11-4-3-10(2,14)7-11/h5,14H,3-4,6-7H2,1-2H3,(H,12,13). The third kappa shape index (κ3) is 3.47. The van der Waals surface area contributed by atoms with E-state index in [2.05, 4.69) is 4.90 Å². The van der Waals surface area contributed by atoms with E-state index in [1.165, 1.54) is 6.08 Å². The molecule has 0 amide bonds. The summed E-state index contributed by atoms with van der Waals surface area (Å²) in [6, 6.07) is 0. The summed E-state index contributed by atoms with van der Waals surface area (Å²) in [6.45, 7) is 5.68. The summed E-state index contributed by atoms with van der Waals surface area (Å²) in [5.74, 6) is -0.909. The van der Waals surface area contributed by atoms with Crippen LogP contribution in [0.2, 0.25) is 0 Å². The molecule has 14 heavy (non-hydrogen) atoms. The fraction of sp³-hybridized carbons (Fsp3) is 0.700. The van der Waals surface area contributed by atoms with Crippen molar-refractivity contribution in [1.82, 2.24) is 4.90 Å². The van der Waals surface area contributed by atoms with Gasteiger partial charge in [0, 0.05) is 25.7 Å². The van der Waals surface area contributed by atoms with Crippen LogP contribution < -0.4 is 0 Å². The molecule has 1 fully saturated rings. The third-order valence-electron chi connectivity index (χ3n) is 2.37. The molecule has 0 aromatic carbocycles. The zero-order chi connectivity index (χ0) is 10.8. The van der Waals surface area contributed by atoms with Crippen molar-refractivity contribution in [3.8, 4) is 0 Å². The maximum absolute atomic E-state index is 10.4. The molecule has 0 bridgehead atoms. The van der Waals surface area contributed by atoms with Crippen LogP contribution in [0.25, 0.3) is 0 Å². The van der Waals surface area contributed by atoms with Gasteiger partial charge in [-0.25, -0.2) is 4.79 Å². The van der Waals surface area contributed by atoms with E-state index in [9.17, 15) is 9.90 Å². The highest BCUT2D eigenvalue weighted by atomic mass is 16.4. The highest BCUT2D eigenvalue weighted by Crippen LogP contribution is 2.20. The molecule has 1 unspecified atom stereocenters. The van der Waals surface area contributed by atoms with Crippen molar-refractivity contribution in [2.24, 2.45) is 0 Å². The zero-order valence-corrected chi connectivity index (χ0v) is 8.66. The lowest BCUT2D eigenvalue weighted by atomic mass is 10.1. The molecule has 1 aliphatic rings. The van der Waals surface area contributed by atoms with E-state index in [0.717, 1.165) is 18.5 Å². The van der Waals surface area contributed by atoms with Gasteiger partial charge in [0.05, 0.1) is 5.60 Å². The molecule has 0 aliphatic carbocycles. The first-order valence-corrected chi connectivity index (χ1v) is 4.74. The lowest BCUT2D eigenvalue weighted by Gasteiger charge is -2.18. The third-order valence-corrected chi connectivity index (χ3v) is 2.37. The van der Waals surface area contributed by atoms with Gasteiger partial charge in [0.1, 0.15) is 0 Å². The van der Waals surface area contributed by atoms with Crippen LogP contribution >= 0.6 is 0 Å². The molecule has 0 saturated carbocycles. The lowest BCUT2D eigenvalue weighted by Crippen LogP contribution is -2.30. The topological polar surface area (TPSA) is 60.8 Å². The van der Waals surface area contributed by atoms with Crippen molar-refractivity contribution in [3.05, 3.63) is 11.6 Å². The molecule has 1 atom stereocenters. The van der Waals surface area contributed by atoms with Gasteiger partial charge in [0.15, 0.2) is 0 Å². The van der Waals surface area contributed by atoms with E-state index in [4.69, 9.17) is 5.11 Å². The summed E-state index contributed by atoms with van der Waals surface area (Å²) >= 11 is 0. The Hall–Kier alpha value is -0.870. The first kappa shape index (κ1) is 11.2. The maximum atomic E-state index is 10.4. The van der Waals surface area contributed by atoms with Crippen LogP contribution in [0.15, 0.2) is 11.6 Å². The van der Waals surface area contributed by atoms with Crippen molar-refractivity contribution < 1.29 is 15.0 Å². The molecule has 1 rings (SSSR count). The highest BCUT2D eigenvalue weighted by Gasteiger charge is 2.30. The number of carboxylic acid groups (broad SMARTS) is 1. The van der Waals surface area contributed by atoms with Crippen molar-refractivity contribution in [2.45, 2.75) is 25.9 Å². The van der Waals surface area contributed by atoms with E-state index in [1.54, 1.807) is 6.92 Å². The molecule has 0 aromatic rings. The predicted molar refractivity (Wildman–Crippen MR) is 53.1 cm³/mol. The van der Waals surface area contributed by atoms with Gasteiger partial charge in [-0.1, -0.05) is 5.57 Å². The minimum absolute atomic E-state index is 0.608. The number of rotatable bonds is 3. The number of nitrogens with zero attached hydrogens (tertiary/aromatic N) is 1. The van der Waals surface area contributed by atoms with Crippen molar-refractivity contribution in [1.29, 1.82) is 0 Å². The van der Waals surface area contributed by atoms with Gasteiger partial charge < -0.3 is 10.2 Å². The second-order valence-electron chi connectivity index (χ2n) is 4.29. The maximum Gasteiger partial charge on any atom is 0.328 e. The van der Waals surface area contributed by atoms with Crippen LogP contribution in [0.5, 0.6) is 0 Å². The highest BCUT2D eigenvalue weighted by molar-refractivity contribution is 5.80. The largest absolute Gasteiger partial charge is 0.478 e. The number of aliphatic hydroxyl groups is 1. The molecule has 0 radical (unpaired) electrons. The molecule has 0 aromatic heterocycles. The van der Waals surface area contributed by atoms with Crippen LogP contribution in [-0.4, -0.2) is 46.3 Å². The molecule has 80 valence electrons. The van der Waals surface area contributed by atoms with E-state index < -0.39 is 11.6 Å². The van der Waals surface area contributed by atoms with Gasteiger partial charge in [0.25, 0.3) is 0 Å². The molecule has 4 nitrogen and oxygen atoms in total. The first-order valence-electron chi connectivity index (χ1n) is 4.74. The number of carbonyl (C=O) groups is 1. The average Bonchev–Trinajstić information content (AvgIpc) is 2.27. The number of likely N-dealkylation sites (tertiary alicyclic amines) is 1. The summed E-state index contributed by atoms with van der Waals surface area (Å²) in [5, 5.41) is 18.2. The Morgan fingerprint density at radius 3 is 2.71 bits per heavy atom. The van der Waals surface area contributed by atoms with Gasteiger partial charge in [0.2, 0.25) is 0 Å². The summed E-state index contributed by atoms with van der Waals surface area (Å²) in [4.78, 5) is 12.4. The quantitative estimate of drug-likeness (QED) is 0.649. The fourth-order valence-electron chi connectivity index (χ4n) is 1.78. The second-order valence-corrected chi connectivity index (χ2v) is 4.29. The monoisotopic (exact) mass is 199 g/mol. The number of hydrogen-bond acceptors (Lipinski definition) is 3. The van der Waals surface area contributed by atoms with Gasteiger partial charge in [-0.05, 0) is 20.3 Å². The van der Waals surface area contributed by atoms with Crippen LogP contribution in [-0.2, 0) is 4.79 Å². The Balaban J connectivity index is 2.43. The number of hydrogen-bond donors (Lipinski definition) is 2. The Morgan fingerprint density at radius 2 is 2.29 bits per heavy atom. The van der Waals surface area contributed by atoms with E-state index in [-0.39, 0.29) is 0 Å². The minimum atomic E-state index is -0.909. The van der Waals surface area contributed by atoms with Crippen LogP contribution in [0.1, 0.15) is 20.3 Å². The van der Waals surface area contributed by atoms with Crippen molar-refractivity contribution in [2.75, 3.05) is 19.6 Å². The molecule has 2 N–H and O–H groups in total. The van der Waals surface area contributed by atoms with E-state index in [0.29, 0.717) is 13.1 Å². The zero-order valence-electron chi connectivity index (χ0n) is 8.66. The average molecular weight is 199 g/mol. The normalized spacial score (nSPS) is 29.5. The van der Waals surface area contributed by atoms with Gasteiger partial charge >= 0.3 is 5.97 Å². The molecule has 4 heteroatoms. The Kier molecular flexibility index (Phi) is 3.29. The minimum Gasteiger partial charge on any atom is -0.478 e. The summed E-state index contributed by atoms with van der Waals surface area (Å²) in [7, 11) is 0. The molecule has 1 heterocycles. The van der Waals surface area contributed by atoms with E-state index in [1.807, 2.05) is 6.92 Å². The molecule has 0 spiro atoms. The van der Waals surface area contributed by atoms with Crippen LogP contribution in [0, 0.1) is 0 Å². The summed E-state index contributed by atoms with van der Waals surface area (Å²) in [6.07, 6.45) is 1.97. The lowest BCUT2D eigenvalue weighted by molar-refractivity contribution is -0.131. The SMILES string of the molecule is CC(=CC(=O)O)CN1CCC(C)(O)C1. The molecular weight excluding hydrogens is 182 g/mol. The van der Waals surface area contributed by atoms with E-state index >= 15 is 0 Å². The van der Waals surface area contributed by atoms with Crippen molar-refractivity contribution >= 4 is 5.97 Å². The van der Waals surface area contributed by atoms with Crippen molar-refractivity contribution in [3.63, 3.8) is 0 Å². The Morgan fingerprint density at radius 1 is 1.64 bits per heavy atom. The first-order chi connectivity index (χ1) is 6.39. The second kappa shape index (κ2) is 4.11.